The van der Waals surface area contributed by atoms with Gasteiger partial charge in [0.25, 0.3) is 0 Å². The van der Waals surface area contributed by atoms with Crippen molar-refractivity contribution in [1.82, 2.24) is 15.0 Å². The van der Waals surface area contributed by atoms with E-state index in [0.29, 0.717) is 12.1 Å². The lowest BCUT2D eigenvalue weighted by Crippen LogP contribution is -2.44. The molecule has 5 nitrogen and oxygen atoms in total. The minimum atomic E-state index is -3.24. The molecule has 0 spiro atoms. The summed E-state index contributed by atoms with van der Waals surface area (Å²) in [6.45, 7) is 0.765. The number of nitrogens with zero attached hydrogens (tertiary/aromatic N) is 1. The van der Waals surface area contributed by atoms with Crippen molar-refractivity contribution >= 4 is 10.0 Å². The molecule has 1 saturated heterocycles. The molecule has 2 N–H and O–H groups in total. The highest BCUT2D eigenvalue weighted by Crippen LogP contribution is 2.20. The van der Waals surface area contributed by atoms with Gasteiger partial charge in [-0.1, -0.05) is 18.2 Å². The van der Waals surface area contributed by atoms with Crippen LogP contribution in [-0.4, -0.2) is 38.3 Å². The van der Waals surface area contributed by atoms with Crippen molar-refractivity contribution in [3.05, 3.63) is 54.0 Å². The smallest absolute Gasteiger partial charge is 0.209 e. The summed E-state index contributed by atoms with van der Waals surface area (Å²) < 4.78 is 39.0. The van der Waals surface area contributed by atoms with Gasteiger partial charge in [0.05, 0.1) is 11.9 Å². The Morgan fingerprint density at radius 3 is 2.83 bits per heavy atom. The van der Waals surface area contributed by atoms with Crippen LogP contribution in [0.1, 0.15) is 12.1 Å². The Morgan fingerprint density at radius 2 is 2.08 bits per heavy atom. The second-order valence-electron chi connectivity index (χ2n) is 6.07. The molecule has 2 aromatic rings. The number of rotatable bonds is 5. The molecule has 0 aliphatic carbocycles. The minimum absolute atomic E-state index is 0.00464. The van der Waals surface area contributed by atoms with Crippen LogP contribution < -0.4 is 10.0 Å². The van der Waals surface area contributed by atoms with Crippen molar-refractivity contribution in [3.63, 3.8) is 0 Å². The second-order valence-corrected chi connectivity index (χ2v) is 7.85. The first-order chi connectivity index (χ1) is 11.4. The number of benzene rings is 1. The molecule has 2 atom stereocenters. The van der Waals surface area contributed by atoms with E-state index >= 15 is 0 Å². The van der Waals surface area contributed by atoms with Crippen LogP contribution in [0.15, 0.2) is 42.5 Å². The Hall–Kier alpha value is -1.83. The zero-order valence-corrected chi connectivity index (χ0v) is 14.2. The Kier molecular flexibility index (Phi) is 4.93. The van der Waals surface area contributed by atoms with E-state index in [-0.39, 0.29) is 17.9 Å². The summed E-state index contributed by atoms with van der Waals surface area (Å²) in [5.41, 5.74) is 2.27. The van der Waals surface area contributed by atoms with Gasteiger partial charge in [-0.05, 0) is 37.2 Å². The summed E-state index contributed by atoms with van der Waals surface area (Å²) in [5, 5.41) is 3.32. The normalized spacial score (nSPS) is 21.1. The standard InChI is InChI=1S/C17H20FN3O2S/c1-24(22,23)21-16-8-9-19-17(16)11-14-6-3-7-15(20-14)12-4-2-5-13(18)10-12/h2-7,10,16-17,19,21H,8-9,11H2,1H3/t16-,17-/m1/s1. The molecule has 0 amide bonds. The molecule has 128 valence electrons. The van der Waals surface area contributed by atoms with Gasteiger partial charge >= 0.3 is 0 Å². The van der Waals surface area contributed by atoms with Crippen LogP contribution in [0.3, 0.4) is 0 Å². The van der Waals surface area contributed by atoms with E-state index < -0.39 is 10.0 Å². The quantitative estimate of drug-likeness (QED) is 0.862. The first-order valence-electron chi connectivity index (χ1n) is 7.83. The van der Waals surface area contributed by atoms with E-state index in [1.54, 1.807) is 6.07 Å². The third-order valence-electron chi connectivity index (χ3n) is 4.07. The van der Waals surface area contributed by atoms with Gasteiger partial charge in [0.2, 0.25) is 10.0 Å². The van der Waals surface area contributed by atoms with Crippen LogP contribution in [0.2, 0.25) is 0 Å². The topological polar surface area (TPSA) is 71.1 Å². The summed E-state index contributed by atoms with van der Waals surface area (Å²) >= 11 is 0. The summed E-state index contributed by atoms with van der Waals surface area (Å²) in [5.74, 6) is -0.297. The maximum Gasteiger partial charge on any atom is 0.209 e. The lowest BCUT2D eigenvalue weighted by molar-refractivity contribution is 0.491. The van der Waals surface area contributed by atoms with Crippen molar-refractivity contribution < 1.29 is 12.8 Å². The average Bonchev–Trinajstić information content (AvgIpc) is 2.92. The SMILES string of the molecule is CS(=O)(=O)N[C@@H]1CCN[C@@H]1Cc1cccc(-c2cccc(F)c2)n1. The molecule has 1 aliphatic rings. The van der Waals surface area contributed by atoms with Gasteiger partial charge in [0, 0.05) is 29.8 Å². The first kappa shape index (κ1) is 17.0. The number of halogens is 1. The zero-order chi connectivity index (χ0) is 17.2. The number of aromatic nitrogens is 1. The maximum absolute atomic E-state index is 13.4. The molecule has 1 aromatic carbocycles. The summed E-state index contributed by atoms with van der Waals surface area (Å²) in [6, 6.07) is 11.8. The summed E-state index contributed by atoms with van der Waals surface area (Å²) in [7, 11) is -3.24. The van der Waals surface area contributed by atoms with E-state index in [4.69, 9.17) is 0 Å². The lowest BCUT2D eigenvalue weighted by Gasteiger charge is -2.19. The van der Waals surface area contributed by atoms with Gasteiger partial charge in [0.15, 0.2) is 0 Å². The predicted octanol–water partition coefficient (Wildman–Crippen LogP) is 1.71. The van der Waals surface area contributed by atoms with Gasteiger partial charge in [-0.2, -0.15) is 0 Å². The van der Waals surface area contributed by atoms with Gasteiger partial charge < -0.3 is 5.32 Å². The van der Waals surface area contributed by atoms with Crippen LogP contribution in [0.4, 0.5) is 4.39 Å². The van der Waals surface area contributed by atoms with Gasteiger partial charge in [-0.3, -0.25) is 4.98 Å². The first-order valence-corrected chi connectivity index (χ1v) is 9.72. The lowest BCUT2D eigenvalue weighted by atomic mass is 10.0. The Balaban J connectivity index is 1.77. The van der Waals surface area contributed by atoms with E-state index in [0.717, 1.165) is 24.2 Å². The maximum atomic E-state index is 13.4. The molecular weight excluding hydrogens is 329 g/mol. The molecule has 0 bridgehead atoms. The minimum Gasteiger partial charge on any atom is -0.312 e. The van der Waals surface area contributed by atoms with Crippen LogP contribution >= 0.6 is 0 Å². The van der Waals surface area contributed by atoms with Crippen molar-refractivity contribution in [2.75, 3.05) is 12.8 Å². The van der Waals surface area contributed by atoms with Crippen LogP contribution in [0, 0.1) is 5.82 Å². The van der Waals surface area contributed by atoms with Gasteiger partial charge in [0.1, 0.15) is 5.82 Å². The van der Waals surface area contributed by atoms with Crippen LogP contribution in [0.5, 0.6) is 0 Å². The third kappa shape index (κ3) is 4.37. The Morgan fingerprint density at radius 1 is 1.29 bits per heavy atom. The van der Waals surface area contributed by atoms with Crippen molar-refractivity contribution in [3.8, 4) is 11.3 Å². The molecule has 1 aromatic heterocycles. The van der Waals surface area contributed by atoms with Crippen LogP contribution in [-0.2, 0) is 16.4 Å². The number of nitrogens with one attached hydrogen (secondary N) is 2. The molecule has 2 heterocycles. The molecular formula is C17H20FN3O2S. The second kappa shape index (κ2) is 6.96. The predicted molar refractivity (Wildman–Crippen MR) is 91.5 cm³/mol. The zero-order valence-electron chi connectivity index (χ0n) is 13.4. The van der Waals surface area contributed by atoms with Gasteiger partial charge in [-0.15, -0.1) is 0 Å². The molecule has 3 rings (SSSR count). The van der Waals surface area contributed by atoms with Crippen molar-refractivity contribution in [1.29, 1.82) is 0 Å². The highest BCUT2D eigenvalue weighted by atomic mass is 32.2. The monoisotopic (exact) mass is 349 g/mol. The highest BCUT2D eigenvalue weighted by Gasteiger charge is 2.29. The molecule has 24 heavy (non-hydrogen) atoms. The van der Waals surface area contributed by atoms with Crippen molar-refractivity contribution in [2.45, 2.75) is 24.9 Å². The van der Waals surface area contributed by atoms with Crippen LogP contribution in [0.25, 0.3) is 11.3 Å². The summed E-state index contributed by atoms with van der Waals surface area (Å²) in [4.78, 5) is 4.59. The molecule has 1 aliphatic heterocycles. The fourth-order valence-corrected chi connectivity index (χ4v) is 3.86. The molecule has 0 unspecified atom stereocenters. The number of pyridine rings is 1. The summed E-state index contributed by atoms with van der Waals surface area (Å²) in [6.07, 6.45) is 2.53. The Bertz CT molecular complexity index is 826. The van der Waals surface area contributed by atoms with E-state index in [1.807, 2.05) is 24.3 Å². The molecule has 1 fully saturated rings. The number of hydrogen-bond donors (Lipinski definition) is 2. The fraction of sp³-hybridized carbons (Fsp3) is 0.353. The van der Waals surface area contributed by atoms with Crippen molar-refractivity contribution in [2.24, 2.45) is 0 Å². The number of hydrogen-bond acceptors (Lipinski definition) is 4. The van der Waals surface area contributed by atoms with Gasteiger partial charge in [-0.25, -0.2) is 17.5 Å². The highest BCUT2D eigenvalue weighted by molar-refractivity contribution is 7.88. The molecule has 0 radical (unpaired) electrons. The van der Waals surface area contributed by atoms with E-state index in [1.165, 1.54) is 18.4 Å². The third-order valence-corrected chi connectivity index (χ3v) is 4.80. The van der Waals surface area contributed by atoms with E-state index in [2.05, 4.69) is 15.0 Å². The fourth-order valence-electron chi connectivity index (χ4n) is 3.03. The number of sulfonamides is 1. The Labute approximate surface area is 141 Å². The van der Waals surface area contributed by atoms with E-state index in [9.17, 15) is 12.8 Å². The largest absolute Gasteiger partial charge is 0.312 e. The average molecular weight is 349 g/mol. The molecule has 7 heteroatoms. The molecule has 0 saturated carbocycles.